The van der Waals surface area contributed by atoms with Crippen LogP contribution < -0.4 is 10.1 Å². The number of unbranched alkanes of at least 4 members (excludes halogenated alkanes) is 1. The summed E-state index contributed by atoms with van der Waals surface area (Å²) in [5.41, 5.74) is 1.25. The zero-order valence-corrected chi connectivity index (χ0v) is 13.5. The van der Waals surface area contributed by atoms with Gasteiger partial charge in [0.1, 0.15) is 0 Å². The predicted molar refractivity (Wildman–Crippen MR) is 88.5 cm³/mol. The Morgan fingerprint density at radius 3 is 2.77 bits per heavy atom. The van der Waals surface area contributed by atoms with Gasteiger partial charge in [0, 0.05) is 11.6 Å². The van der Waals surface area contributed by atoms with Crippen molar-refractivity contribution in [3.8, 4) is 5.75 Å². The van der Waals surface area contributed by atoms with Gasteiger partial charge in [0.2, 0.25) is 0 Å². The number of benzene rings is 1. The maximum absolute atomic E-state index is 5.87. The molecule has 0 aliphatic carbocycles. The molecule has 118 valence electrons. The first kappa shape index (κ1) is 16.5. The number of ether oxygens (including phenoxy) is 1. The van der Waals surface area contributed by atoms with Gasteiger partial charge >= 0.3 is 0 Å². The Bertz CT molecular complexity index is 562. The first-order chi connectivity index (χ1) is 10.8. The molecule has 0 aliphatic rings. The van der Waals surface area contributed by atoms with E-state index in [1.54, 1.807) is 6.20 Å². The van der Waals surface area contributed by atoms with Gasteiger partial charge in [0.05, 0.1) is 12.8 Å². The van der Waals surface area contributed by atoms with Gasteiger partial charge in [-0.05, 0) is 42.2 Å². The molecule has 0 unspecified atom stereocenters. The molecular formula is C16H21ClN4O. The highest BCUT2D eigenvalue weighted by atomic mass is 35.5. The predicted octanol–water partition coefficient (Wildman–Crippen LogP) is 3.75. The van der Waals surface area contributed by atoms with Crippen molar-refractivity contribution < 1.29 is 4.74 Å². The van der Waals surface area contributed by atoms with Crippen LogP contribution in [0.3, 0.4) is 0 Å². The summed E-state index contributed by atoms with van der Waals surface area (Å²) < 4.78 is 5.76. The molecule has 1 N–H and O–H groups in total. The Hall–Kier alpha value is -1.88. The van der Waals surface area contributed by atoms with E-state index in [0.29, 0.717) is 18.2 Å². The summed E-state index contributed by atoms with van der Waals surface area (Å²) in [6.45, 7) is 3.61. The number of rotatable bonds is 9. The third-order valence-electron chi connectivity index (χ3n) is 3.21. The van der Waals surface area contributed by atoms with Crippen LogP contribution in [-0.4, -0.2) is 28.6 Å². The lowest BCUT2D eigenvalue weighted by Crippen LogP contribution is -2.08. The van der Waals surface area contributed by atoms with E-state index in [4.69, 9.17) is 16.3 Å². The molecule has 1 heterocycles. The van der Waals surface area contributed by atoms with Crippen molar-refractivity contribution in [1.82, 2.24) is 15.4 Å². The number of anilines is 1. The van der Waals surface area contributed by atoms with Crippen LogP contribution in [0.1, 0.15) is 31.7 Å². The zero-order valence-electron chi connectivity index (χ0n) is 12.8. The first-order valence-corrected chi connectivity index (χ1v) is 7.97. The summed E-state index contributed by atoms with van der Waals surface area (Å²) in [6.07, 6.45) is 5.67. The Morgan fingerprint density at radius 2 is 2.00 bits per heavy atom. The molecule has 0 spiro atoms. The Morgan fingerprint density at radius 1 is 1.18 bits per heavy atom. The summed E-state index contributed by atoms with van der Waals surface area (Å²) >= 11 is 5.87. The average molecular weight is 321 g/mol. The number of halogens is 1. The quantitative estimate of drug-likeness (QED) is 0.713. The van der Waals surface area contributed by atoms with Crippen molar-refractivity contribution in [2.45, 2.75) is 32.6 Å². The van der Waals surface area contributed by atoms with E-state index < -0.39 is 0 Å². The maximum Gasteiger partial charge on any atom is 0.194 e. The molecule has 0 saturated heterocycles. The number of hydrogen-bond acceptors (Lipinski definition) is 5. The normalized spacial score (nSPS) is 10.5. The second kappa shape index (κ2) is 9.20. The summed E-state index contributed by atoms with van der Waals surface area (Å²) in [6, 6.07) is 7.89. The number of aromatic nitrogens is 3. The van der Waals surface area contributed by atoms with Crippen LogP contribution in [0.2, 0.25) is 5.02 Å². The van der Waals surface area contributed by atoms with Crippen LogP contribution >= 0.6 is 11.6 Å². The van der Waals surface area contributed by atoms with Crippen molar-refractivity contribution in [3.05, 3.63) is 41.0 Å². The molecule has 5 nitrogen and oxygen atoms in total. The molecule has 0 amide bonds. The van der Waals surface area contributed by atoms with Gasteiger partial charge in [-0.1, -0.05) is 37.1 Å². The third-order valence-corrected chi connectivity index (χ3v) is 3.46. The fourth-order valence-corrected chi connectivity index (χ4v) is 2.11. The molecule has 0 bridgehead atoms. The molecule has 2 rings (SSSR count). The first-order valence-electron chi connectivity index (χ1n) is 7.59. The highest BCUT2D eigenvalue weighted by Gasteiger charge is 2.05. The molecule has 1 aromatic heterocycles. The molecule has 6 heteroatoms. The molecule has 2 aromatic rings. The molecule has 0 atom stereocenters. The molecule has 0 radical (unpaired) electrons. The van der Waals surface area contributed by atoms with Crippen LogP contribution in [0.5, 0.6) is 5.75 Å². The van der Waals surface area contributed by atoms with Gasteiger partial charge in [-0.15, -0.1) is 10.2 Å². The van der Waals surface area contributed by atoms with Crippen molar-refractivity contribution in [2.75, 3.05) is 18.5 Å². The Balaban J connectivity index is 1.77. The minimum Gasteiger partial charge on any atom is -0.488 e. The van der Waals surface area contributed by atoms with E-state index in [1.807, 2.05) is 24.3 Å². The van der Waals surface area contributed by atoms with Crippen LogP contribution in [0, 0.1) is 0 Å². The maximum atomic E-state index is 5.87. The van der Waals surface area contributed by atoms with E-state index in [0.717, 1.165) is 37.3 Å². The average Bonchev–Trinajstić information content (AvgIpc) is 2.55. The topological polar surface area (TPSA) is 59.9 Å². The van der Waals surface area contributed by atoms with Gasteiger partial charge in [-0.25, -0.2) is 0 Å². The summed E-state index contributed by atoms with van der Waals surface area (Å²) in [5, 5.41) is 15.4. The molecule has 0 aliphatic heterocycles. The lowest BCUT2D eigenvalue weighted by molar-refractivity contribution is 0.308. The highest BCUT2D eigenvalue weighted by Crippen LogP contribution is 2.19. The molecule has 22 heavy (non-hydrogen) atoms. The van der Waals surface area contributed by atoms with E-state index in [2.05, 4.69) is 27.7 Å². The second-order valence-corrected chi connectivity index (χ2v) is 5.44. The van der Waals surface area contributed by atoms with Crippen LogP contribution in [-0.2, 0) is 6.42 Å². The van der Waals surface area contributed by atoms with E-state index in [9.17, 15) is 0 Å². The van der Waals surface area contributed by atoms with Gasteiger partial charge in [0.15, 0.2) is 11.6 Å². The summed E-state index contributed by atoms with van der Waals surface area (Å²) in [5.74, 6) is 1.32. The van der Waals surface area contributed by atoms with Gasteiger partial charge in [-0.2, -0.15) is 0 Å². The van der Waals surface area contributed by atoms with Crippen molar-refractivity contribution in [3.63, 3.8) is 0 Å². The lowest BCUT2D eigenvalue weighted by Gasteiger charge is -2.10. The van der Waals surface area contributed by atoms with E-state index in [1.165, 1.54) is 5.56 Å². The largest absolute Gasteiger partial charge is 0.488 e. The number of nitrogens with zero attached hydrogens (tertiary/aromatic N) is 3. The van der Waals surface area contributed by atoms with Crippen LogP contribution in [0.15, 0.2) is 30.5 Å². The number of aryl methyl sites for hydroxylation is 1. The van der Waals surface area contributed by atoms with Crippen molar-refractivity contribution in [2.24, 2.45) is 0 Å². The molecule has 0 fully saturated rings. The Labute approximate surface area is 136 Å². The number of nitrogens with one attached hydrogen (secondary N) is 1. The highest BCUT2D eigenvalue weighted by molar-refractivity contribution is 6.30. The monoisotopic (exact) mass is 320 g/mol. The zero-order chi connectivity index (χ0) is 15.6. The smallest absolute Gasteiger partial charge is 0.194 e. The SMILES string of the molecule is CCCCNc1nnncc1OCCCc1ccc(Cl)cc1. The Kier molecular flexibility index (Phi) is 6.90. The summed E-state index contributed by atoms with van der Waals surface area (Å²) in [4.78, 5) is 0. The fourth-order valence-electron chi connectivity index (χ4n) is 1.98. The van der Waals surface area contributed by atoms with Crippen LogP contribution in [0.25, 0.3) is 0 Å². The molecule has 1 aromatic carbocycles. The van der Waals surface area contributed by atoms with Gasteiger partial charge in [-0.3, -0.25) is 0 Å². The molecular weight excluding hydrogens is 300 g/mol. The minimum absolute atomic E-state index is 0.610. The minimum atomic E-state index is 0.610. The molecule has 0 saturated carbocycles. The second-order valence-electron chi connectivity index (χ2n) is 5.01. The van der Waals surface area contributed by atoms with E-state index >= 15 is 0 Å². The van der Waals surface area contributed by atoms with Gasteiger partial charge in [0.25, 0.3) is 0 Å². The van der Waals surface area contributed by atoms with Crippen LogP contribution in [0.4, 0.5) is 5.82 Å². The lowest BCUT2D eigenvalue weighted by atomic mass is 10.1. The standard InChI is InChI=1S/C16H21ClN4O/c1-2-3-10-18-16-15(12-19-21-20-16)22-11-4-5-13-6-8-14(17)9-7-13/h6-9,12H,2-5,10-11H2,1H3,(H,18,19,20). The van der Waals surface area contributed by atoms with E-state index in [-0.39, 0.29) is 0 Å². The van der Waals surface area contributed by atoms with Gasteiger partial charge < -0.3 is 10.1 Å². The van der Waals surface area contributed by atoms with Crippen molar-refractivity contribution >= 4 is 17.4 Å². The fraction of sp³-hybridized carbons (Fsp3) is 0.438. The third kappa shape index (κ3) is 5.48. The van der Waals surface area contributed by atoms with Crippen molar-refractivity contribution in [1.29, 1.82) is 0 Å². The summed E-state index contributed by atoms with van der Waals surface area (Å²) in [7, 11) is 0. The number of hydrogen-bond donors (Lipinski definition) is 1.